The monoisotopic (exact) mass is 598 g/mol. The predicted molar refractivity (Wildman–Crippen MR) is 158 cm³/mol. The Hall–Kier alpha value is -3.18. The molecule has 0 N–H and O–H groups in total. The van der Waals surface area contributed by atoms with Crippen molar-refractivity contribution >= 4 is 26.0 Å². The van der Waals surface area contributed by atoms with E-state index in [-0.39, 0.29) is 24.9 Å². The topological polar surface area (TPSA) is 126 Å². The van der Waals surface area contributed by atoms with Crippen molar-refractivity contribution < 1.29 is 42.5 Å². The van der Waals surface area contributed by atoms with Crippen molar-refractivity contribution in [3.05, 3.63) is 77.3 Å². The Labute approximate surface area is 249 Å². The molecule has 1 aliphatic rings. The van der Waals surface area contributed by atoms with E-state index in [0.29, 0.717) is 0 Å². The van der Waals surface area contributed by atoms with Gasteiger partial charge in [-0.05, 0) is 30.6 Å². The molecular formula is C31H42N2O8Si. The molecular weight excluding hydrogens is 556 g/mol. The fourth-order valence-corrected chi connectivity index (χ4v) is 5.59. The number of esters is 2. The van der Waals surface area contributed by atoms with Gasteiger partial charge < -0.3 is 33.6 Å². The van der Waals surface area contributed by atoms with E-state index in [1.54, 1.807) is 6.92 Å². The van der Waals surface area contributed by atoms with Gasteiger partial charge in [-0.25, -0.2) is 4.79 Å². The van der Waals surface area contributed by atoms with Gasteiger partial charge in [0, 0.05) is 12.5 Å². The van der Waals surface area contributed by atoms with Gasteiger partial charge in [-0.2, -0.15) is 4.79 Å². The van der Waals surface area contributed by atoms with Crippen molar-refractivity contribution in [3.8, 4) is 0 Å². The third-order valence-corrected chi connectivity index (χ3v) is 11.9. The molecule has 0 saturated carbocycles. The Kier molecular flexibility index (Phi) is 11.8. The maximum Gasteiger partial charge on any atom is 0.421 e. The lowest BCUT2D eigenvalue weighted by atomic mass is 9.97. The summed E-state index contributed by atoms with van der Waals surface area (Å²) in [6.45, 7) is 13.6. The molecule has 228 valence electrons. The van der Waals surface area contributed by atoms with Gasteiger partial charge in [0.15, 0.2) is 14.6 Å². The highest BCUT2D eigenvalue weighted by atomic mass is 28.4. The minimum Gasteiger partial charge on any atom is -0.457 e. The Morgan fingerprint density at radius 1 is 1.07 bits per heavy atom. The lowest BCUT2D eigenvalue weighted by Gasteiger charge is -2.46. The maximum atomic E-state index is 12.9. The number of hydrogen-bond donors (Lipinski definition) is 0. The third kappa shape index (κ3) is 8.67. The van der Waals surface area contributed by atoms with Crippen LogP contribution < -0.4 is 0 Å². The molecule has 3 rings (SSSR count). The summed E-state index contributed by atoms with van der Waals surface area (Å²) in [5.74, 6) is -1.67. The molecule has 0 radical (unpaired) electrons. The number of carbonyl (C=O) groups excluding carboxylic acids is 2. The summed E-state index contributed by atoms with van der Waals surface area (Å²) in [7, 11) is -2.40. The van der Waals surface area contributed by atoms with Crippen LogP contribution in [0.15, 0.2) is 60.7 Å². The van der Waals surface area contributed by atoms with E-state index in [0.717, 1.165) is 11.1 Å². The summed E-state index contributed by atoms with van der Waals surface area (Å²) >= 11 is 0. The Morgan fingerprint density at radius 3 is 2.24 bits per heavy atom. The molecule has 0 aliphatic carbocycles. The SMILES string of the molecule is CCOC(=O)C(=[N+]=[N-])C(OC(C)=O)[C@@H](OCc1ccccc1)[C@@H]1O[C@H](c2ccccc2)OC[C@H]1O[Si](C)(C)C(C)(C)C. The quantitative estimate of drug-likeness (QED) is 0.107. The first-order chi connectivity index (χ1) is 19.9. The van der Waals surface area contributed by atoms with Crippen LogP contribution in [0.25, 0.3) is 5.53 Å². The van der Waals surface area contributed by atoms with Crippen molar-refractivity contribution in [2.75, 3.05) is 13.2 Å². The van der Waals surface area contributed by atoms with Crippen LogP contribution in [0.1, 0.15) is 52.0 Å². The molecule has 2 aromatic carbocycles. The maximum absolute atomic E-state index is 12.9. The molecule has 0 bridgehead atoms. The van der Waals surface area contributed by atoms with Gasteiger partial charge in [0.05, 0.1) is 25.9 Å². The van der Waals surface area contributed by atoms with Gasteiger partial charge in [-0.3, -0.25) is 4.79 Å². The zero-order valence-electron chi connectivity index (χ0n) is 25.4. The van der Waals surface area contributed by atoms with Gasteiger partial charge in [-0.15, -0.1) is 0 Å². The molecule has 0 aromatic heterocycles. The van der Waals surface area contributed by atoms with Crippen LogP contribution in [-0.4, -0.2) is 68.4 Å². The zero-order valence-corrected chi connectivity index (χ0v) is 26.4. The van der Waals surface area contributed by atoms with Crippen LogP contribution in [0.5, 0.6) is 0 Å². The molecule has 0 amide bonds. The van der Waals surface area contributed by atoms with Gasteiger partial charge >= 0.3 is 17.7 Å². The highest BCUT2D eigenvalue weighted by Gasteiger charge is 2.52. The lowest BCUT2D eigenvalue weighted by Crippen LogP contribution is -2.60. The Bertz CT molecular complexity index is 1230. The molecule has 0 spiro atoms. The van der Waals surface area contributed by atoms with Crippen LogP contribution in [-0.2, 0) is 44.3 Å². The third-order valence-electron chi connectivity index (χ3n) is 7.45. The second-order valence-corrected chi connectivity index (χ2v) is 16.3. The molecule has 11 heteroatoms. The second-order valence-electron chi connectivity index (χ2n) is 11.6. The Balaban J connectivity index is 2.13. The number of ether oxygens (including phenoxy) is 5. The summed E-state index contributed by atoms with van der Waals surface area (Å²) < 4.78 is 36.7. The number of nitrogens with zero attached hydrogens (tertiary/aromatic N) is 2. The number of rotatable bonds is 12. The van der Waals surface area contributed by atoms with Gasteiger partial charge in [0.1, 0.15) is 12.2 Å². The fraction of sp³-hybridized carbons (Fsp3) is 0.516. The standard InChI is InChI=1S/C31H42N2O8Si/c1-8-36-29(35)25(33-32)27(39-21(2)34)28(37-19-22-15-11-9-12-16-22)26-24(41-42(6,7)31(3,4)5)20-38-30(40-26)23-17-13-10-14-18-23/h9-18,24,26-28,30H,8,19-20H2,1-7H3/t24-,26-,27?,28+,30-/m1/s1. The summed E-state index contributed by atoms with van der Waals surface area (Å²) in [5.41, 5.74) is 11.0. The minimum absolute atomic E-state index is 0.0150. The Morgan fingerprint density at radius 2 is 1.69 bits per heavy atom. The molecule has 10 nitrogen and oxygen atoms in total. The molecule has 1 heterocycles. The van der Waals surface area contributed by atoms with E-state index >= 15 is 0 Å². The summed E-state index contributed by atoms with van der Waals surface area (Å²) in [6.07, 6.45) is -5.04. The number of carbonyl (C=O) groups is 2. The molecule has 1 unspecified atom stereocenters. The first kappa shape index (κ1) is 33.3. The van der Waals surface area contributed by atoms with Crippen molar-refractivity contribution in [1.82, 2.24) is 0 Å². The van der Waals surface area contributed by atoms with Crippen LogP contribution in [0.3, 0.4) is 0 Å². The number of benzene rings is 2. The minimum atomic E-state index is -2.40. The van der Waals surface area contributed by atoms with Crippen LogP contribution in [0, 0.1) is 0 Å². The normalized spacial score (nSPS) is 20.6. The predicted octanol–water partition coefficient (Wildman–Crippen LogP) is 5.24. The average molecular weight is 599 g/mol. The lowest BCUT2D eigenvalue weighted by molar-refractivity contribution is -0.285. The highest BCUT2D eigenvalue weighted by molar-refractivity contribution is 6.74. The smallest absolute Gasteiger partial charge is 0.421 e. The first-order valence-electron chi connectivity index (χ1n) is 14.1. The van der Waals surface area contributed by atoms with Crippen LogP contribution in [0.2, 0.25) is 18.1 Å². The van der Waals surface area contributed by atoms with Crippen molar-refractivity contribution in [2.24, 2.45) is 0 Å². The van der Waals surface area contributed by atoms with E-state index in [9.17, 15) is 15.1 Å². The molecule has 1 fully saturated rings. The molecule has 1 saturated heterocycles. The molecule has 42 heavy (non-hydrogen) atoms. The summed E-state index contributed by atoms with van der Waals surface area (Å²) in [6, 6.07) is 18.8. The highest BCUT2D eigenvalue weighted by Crippen LogP contribution is 2.40. The van der Waals surface area contributed by atoms with E-state index in [1.807, 2.05) is 60.7 Å². The van der Waals surface area contributed by atoms with Crippen molar-refractivity contribution in [1.29, 1.82) is 0 Å². The van der Waals surface area contributed by atoms with E-state index < -0.39 is 56.7 Å². The first-order valence-corrected chi connectivity index (χ1v) is 17.0. The molecule has 5 atom stereocenters. The van der Waals surface area contributed by atoms with E-state index in [2.05, 4.69) is 38.7 Å². The van der Waals surface area contributed by atoms with Gasteiger partial charge in [-0.1, -0.05) is 81.4 Å². The average Bonchev–Trinajstić information content (AvgIpc) is 2.94. The largest absolute Gasteiger partial charge is 0.457 e. The van der Waals surface area contributed by atoms with E-state index in [1.165, 1.54) is 6.92 Å². The van der Waals surface area contributed by atoms with Crippen LogP contribution >= 0.6 is 0 Å². The molecule has 2 aromatic rings. The van der Waals surface area contributed by atoms with Crippen LogP contribution in [0.4, 0.5) is 0 Å². The van der Waals surface area contributed by atoms with Gasteiger partial charge in [0.2, 0.25) is 6.10 Å². The van der Waals surface area contributed by atoms with E-state index in [4.69, 9.17) is 28.1 Å². The zero-order chi connectivity index (χ0) is 30.9. The van der Waals surface area contributed by atoms with Crippen molar-refractivity contribution in [2.45, 2.75) is 90.1 Å². The fourth-order valence-electron chi connectivity index (χ4n) is 4.27. The molecule has 1 aliphatic heterocycles. The van der Waals surface area contributed by atoms with Crippen molar-refractivity contribution in [3.63, 3.8) is 0 Å². The van der Waals surface area contributed by atoms with Gasteiger partial charge in [0.25, 0.3) is 0 Å². The summed E-state index contributed by atoms with van der Waals surface area (Å²) in [5, 5.41) is -0.147. The number of hydrogen-bond acceptors (Lipinski definition) is 8. The second kappa shape index (κ2) is 14.8. The summed E-state index contributed by atoms with van der Waals surface area (Å²) in [4.78, 5) is 28.5.